The van der Waals surface area contributed by atoms with Crippen LogP contribution in [0.4, 0.5) is 0 Å². The average Bonchev–Trinajstić information content (AvgIpc) is 2.49. The van der Waals surface area contributed by atoms with Crippen molar-refractivity contribution < 1.29 is 9.53 Å². The lowest BCUT2D eigenvalue weighted by Crippen LogP contribution is -2.22. The molecule has 0 fully saturated rings. The molecule has 0 aliphatic rings. The van der Waals surface area contributed by atoms with E-state index in [4.69, 9.17) is 4.74 Å². The second-order valence-electron chi connectivity index (χ2n) is 4.89. The third-order valence-corrected chi connectivity index (χ3v) is 3.29. The first-order valence-corrected chi connectivity index (χ1v) is 7.01. The summed E-state index contributed by atoms with van der Waals surface area (Å²) in [6, 6.07) is 18.3. The Hall–Kier alpha value is -2.09. The van der Waals surface area contributed by atoms with E-state index < -0.39 is 0 Å². The highest BCUT2D eigenvalue weighted by molar-refractivity contribution is 5.82. The number of ketones is 1. The fourth-order valence-corrected chi connectivity index (χ4v) is 2.07. The summed E-state index contributed by atoms with van der Waals surface area (Å²) in [5.74, 6) is 0.870. The van der Waals surface area contributed by atoms with Gasteiger partial charge in [-0.05, 0) is 36.6 Å². The van der Waals surface area contributed by atoms with Crippen molar-refractivity contribution in [3.63, 3.8) is 0 Å². The van der Waals surface area contributed by atoms with Gasteiger partial charge in [-0.3, -0.25) is 4.79 Å². The minimum Gasteiger partial charge on any atom is -0.483 e. The van der Waals surface area contributed by atoms with Crippen LogP contribution in [0.3, 0.4) is 0 Å². The third-order valence-electron chi connectivity index (χ3n) is 3.29. The second kappa shape index (κ2) is 6.90. The summed E-state index contributed by atoms with van der Waals surface area (Å²) in [5, 5.41) is 0. The molecule has 1 unspecified atom stereocenters. The molecule has 20 heavy (non-hydrogen) atoms. The van der Waals surface area contributed by atoms with Gasteiger partial charge in [-0.15, -0.1) is 0 Å². The van der Waals surface area contributed by atoms with E-state index >= 15 is 0 Å². The monoisotopic (exact) mass is 268 g/mol. The number of carbonyl (C=O) groups excluding carboxylic acids is 1. The quantitative estimate of drug-likeness (QED) is 0.791. The number of Topliss-reactive ketones (excluding diaryl/α,β-unsaturated/α-hetero) is 1. The Morgan fingerprint density at radius 3 is 2.20 bits per heavy atom. The first-order valence-electron chi connectivity index (χ1n) is 7.01. The van der Waals surface area contributed by atoms with E-state index in [1.807, 2.05) is 49.4 Å². The molecule has 0 N–H and O–H groups in total. The topological polar surface area (TPSA) is 26.3 Å². The molecule has 2 heteroatoms. The van der Waals surface area contributed by atoms with Crippen LogP contribution in [0, 0.1) is 0 Å². The fraction of sp³-hybridized carbons (Fsp3) is 0.278. The first kappa shape index (κ1) is 14.3. The van der Waals surface area contributed by atoms with Crippen LogP contribution in [-0.2, 0) is 11.2 Å². The molecular weight excluding hydrogens is 248 g/mol. The summed E-state index contributed by atoms with van der Waals surface area (Å²) in [5.41, 5.74) is 2.52. The van der Waals surface area contributed by atoms with Crippen LogP contribution in [0.15, 0.2) is 54.6 Å². The van der Waals surface area contributed by atoms with Gasteiger partial charge in [0.1, 0.15) is 5.75 Å². The summed E-state index contributed by atoms with van der Waals surface area (Å²) in [6.45, 7) is 3.65. The van der Waals surface area contributed by atoms with E-state index in [-0.39, 0.29) is 11.9 Å². The van der Waals surface area contributed by atoms with E-state index in [1.165, 1.54) is 11.1 Å². The molecular formula is C18H20O2. The van der Waals surface area contributed by atoms with Crippen LogP contribution in [-0.4, -0.2) is 11.9 Å². The Morgan fingerprint density at radius 1 is 1.00 bits per heavy atom. The molecule has 0 aliphatic carbocycles. The predicted octanol–water partition coefficient (Wildman–Crippen LogP) is 4.02. The van der Waals surface area contributed by atoms with E-state index in [9.17, 15) is 4.79 Å². The van der Waals surface area contributed by atoms with Gasteiger partial charge in [-0.25, -0.2) is 0 Å². The van der Waals surface area contributed by atoms with Crippen molar-refractivity contribution in [2.75, 3.05) is 0 Å². The van der Waals surface area contributed by atoms with Crippen molar-refractivity contribution in [2.24, 2.45) is 0 Å². The summed E-state index contributed by atoms with van der Waals surface area (Å²) in [4.78, 5) is 11.5. The van der Waals surface area contributed by atoms with Crippen LogP contribution in [0.25, 0.3) is 0 Å². The normalized spacial score (nSPS) is 11.9. The van der Waals surface area contributed by atoms with Gasteiger partial charge in [0, 0.05) is 6.42 Å². The van der Waals surface area contributed by atoms with Gasteiger partial charge < -0.3 is 4.74 Å². The molecule has 0 aromatic heterocycles. The number of benzene rings is 2. The Kier molecular flexibility index (Phi) is 4.94. The van der Waals surface area contributed by atoms with Crippen LogP contribution >= 0.6 is 0 Å². The molecule has 0 radical (unpaired) electrons. The third kappa shape index (κ3) is 3.95. The molecule has 0 saturated carbocycles. The van der Waals surface area contributed by atoms with Gasteiger partial charge in [0.15, 0.2) is 11.9 Å². The molecule has 0 spiro atoms. The van der Waals surface area contributed by atoms with Gasteiger partial charge in [0.25, 0.3) is 0 Å². The second-order valence-corrected chi connectivity index (χ2v) is 4.89. The molecule has 2 aromatic rings. The predicted molar refractivity (Wildman–Crippen MR) is 81.1 cm³/mol. The fourth-order valence-electron chi connectivity index (χ4n) is 2.07. The van der Waals surface area contributed by atoms with Crippen molar-refractivity contribution >= 4 is 5.78 Å². The molecule has 1 atom stereocenters. The van der Waals surface area contributed by atoms with E-state index in [1.54, 1.807) is 6.92 Å². The summed E-state index contributed by atoms with van der Waals surface area (Å²) >= 11 is 0. The highest BCUT2D eigenvalue weighted by atomic mass is 16.5. The zero-order valence-corrected chi connectivity index (χ0v) is 12.0. The number of ether oxygens (including phenoxy) is 1. The van der Waals surface area contributed by atoms with E-state index in [0.717, 1.165) is 12.2 Å². The molecule has 2 aromatic carbocycles. The maximum absolute atomic E-state index is 11.5. The van der Waals surface area contributed by atoms with Crippen LogP contribution in [0.2, 0.25) is 0 Å². The lowest BCUT2D eigenvalue weighted by Gasteiger charge is -2.13. The van der Waals surface area contributed by atoms with Crippen molar-refractivity contribution in [1.29, 1.82) is 0 Å². The van der Waals surface area contributed by atoms with Crippen molar-refractivity contribution in [3.8, 4) is 5.75 Å². The minimum absolute atomic E-state index is 0.123. The molecule has 2 nitrogen and oxygen atoms in total. The number of carbonyl (C=O) groups is 1. The highest BCUT2D eigenvalue weighted by Gasteiger charge is 2.11. The number of hydrogen-bond donors (Lipinski definition) is 0. The van der Waals surface area contributed by atoms with Crippen LogP contribution in [0.1, 0.15) is 31.4 Å². The Morgan fingerprint density at radius 2 is 1.60 bits per heavy atom. The van der Waals surface area contributed by atoms with Gasteiger partial charge in [0.05, 0.1) is 0 Å². The molecule has 0 saturated heterocycles. The Bertz CT molecular complexity index is 543. The van der Waals surface area contributed by atoms with E-state index in [0.29, 0.717) is 6.42 Å². The summed E-state index contributed by atoms with van der Waals surface area (Å²) in [7, 11) is 0. The molecule has 0 bridgehead atoms. The molecule has 0 heterocycles. The smallest absolute Gasteiger partial charge is 0.172 e. The van der Waals surface area contributed by atoms with Crippen molar-refractivity contribution in [3.05, 3.63) is 65.7 Å². The number of hydrogen-bond acceptors (Lipinski definition) is 2. The highest BCUT2D eigenvalue weighted by Crippen LogP contribution is 2.17. The minimum atomic E-state index is -0.375. The summed E-state index contributed by atoms with van der Waals surface area (Å²) in [6.07, 6.45) is 1.04. The van der Waals surface area contributed by atoms with Gasteiger partial charge in [0.2, 0.25) is 0 Å². The molecule has 104 valence electrons. The average molecular weight is 268 g/mol. The number of rotatable bonds is 6. The maximum Gasteiger partial charge on any atom is 0.172 e. The van der Waals surface area contributed by atoms with Gasteiger partial charge in [-0.1, -0.05) is 49.4 Å². The zero-order valence-electron chi connectivity index (χ0n) is 12.0. The zero-order chi connectivity index (χ0) is 14.4. The van der Waals surface area contributed by atoms with E-state index in [2.05, 4.69) is 12.1 Å². The molecule has 2 rings (SSSR count). The van der Waals surface area contributed by atoms with Crippen LogP contribution in [0.5, 0.6) is 5.75 Å². The SMILES string of the molecule is CCC(=O)C(C)Oc1ccc(Cc2ccccc2)cc1. The van der Waals surface area contributed by atoms with Crippen molar-refractivity contribution in [1.82, 2.24) is 0 Å². The molecule has 0 amide bonds. The largest absolute Gasteiger partial charge is 0.483 e. The van der Waals surface area contributed by atoms with Gasteiger partial charge in [-0.2, -0.15) is 0 Å². The van der Waals surface area contributed by atoms with Gasteiger partial charge >= 0.3 is 0 Å². The lowest BCUT2D eigenvalue weighted by atomic mass is 10.1. The Labute approximate surface area is 120 Å². The molecule has 0 aliphatic heterocycles. The van der Waals surface area contributed by atoms with Crippen LogP contribution < -0.4 is 4.74 Å². The lowest BCUT2D eigenvalue weighted by molar-refractivity contribution is -0.124. The standard InChI is InChI=1S/C18H20O2/c1-3-18(19)14(2)20-17-11-9-16(10-12-17)13-15-7-5-4-6-8-15/h4-12,14H,3,13H2,1-2H3. The summed E-state index contributed by atoms with van der Waals surface area (Å²) < 4.78 is 5.62. The Balaban J connectivity index is 1.98. The first-order chi connectivity index (χ1) is 9.69. The van der Waals surface area contributed by atoms with Crippen molar-refractivity contribution in [2.45, 2.75) is 32.8 Å². The maximum atomic E-state index is 11.5.